The van der Waals surface area contributed by atoms with Crippen molar-refractivity contribution in [2.24, 2.45) is 0 Å². The lowest BCUT2D eigenvalue weighted by Crippen LogP contribution is -2.14. The summed E-state index contributed by atoms with van der Waals surface area (Å²) in [6.45, 7) is 0. The van der Waals surface area contributed by atoms with Gasteiger partial charge in [0, 0.05) is 6.07 Å². The summed E-state index contributed by atoms with van der Waals surface area (Å²) in [4.78, 5) is 27.1. The maximum Gasteiger partial charge on any atom is 0.335 e. The van der Waals surface area contributed by atoms with Gasteiger partial charge in [-0.15, -0.1) is 0 Å². The van der Waals surface area contributed by atoms with Gasteiger partial charge in [-0.3, -0.25) is 4.79 Å². The van der Waals surface area contributed by atoms with Crippen LogP contribution in [-0.2, 0) is 11.2 Å². The second-order valence-corrected chi connectivity index (χ2v) is 6.04. The van der Waals surface area contributed by atoms with Crippen LogP contribution in [0, 0.1) is 11.6 Å². The number of rotatable bonds is 4. The Bertz CT molecular complexity index is 935. The molecule has 1 aromatic heterocycles. The van der Waals surface area contributed by atoms with E-state index in [1.165, 1.54) is 12.1 Å². The number of nitrogens with zero attached hydrogens (tertiary/aromatic N) is 1. The number of carboxylic acids is 1. The highest BCUT2D eigenvalue weighted by Crippen LogP contribution is 2.27. The van der Waals surface area contributed by atoms with Crippen LogP contribution in [0.15, 0.2) is 36.4 Å². The van der Waals surface area contributed by atoms with E-state index in [4.69, 9.17) is 5.11 Å². The molecule has 8 heteroatoms. The molecule has 0 aliphatic carbocycles. The topological polar surface area (TPSA) is 79.3 Å². The average Bonchev–Trinajstić information content (AvgIpc) is 2.86. The number of halogens is 2. The number of amides is 1. The molecule has 5 nitrogen and oxygen atoms in total. The minimum absolute atomic E-state index is 0.124. The van der Waals surface area contributed by atoms with Crippen molar-refractivity contribution in [2.75, 3.05) is 5.32 Å². The lowest BCUT2D eigenvalue weighted by molar-refractivity contribution is -0.115. The zero-order valence-corrected chi connectivity index (χ0v) is 12.9. The van der Waals surface area contributed by atoms with E-state index in [-0.39, 0.29) is 22.7 Å². The lowest BCUT2D eigenvalue weighted by Gasteiger charge is -2.02. The molecule has 2 N–H and O–H groups in total. The maximum absolute atomic E-state index is 13.1. The number of fused-ring (bicyclic) bond motifs is 1. The predicted octanol–water partition coefficient (Wildman–Crippen LogP) is 3.45. The number of carbonyl (C=O) groups excluding carboxylic acids is 1. The molecule has 0 aliphatic heterocycles. The fourth-order valence-electron chi connectivity index (χ4n) is 2.17. The molecule has 0 aliphatic rings. The van der Waals surface area contributed by atoms with Crippen molar-refractivity contribution in [1.82, 2.24) is 4.98 Å². The SMILES string of the molecule is O=C(Cc1cc(F)cc(F)c1)Nc1nc2ccc(C(=O)O)cc2s1. The Morgan fingerprint density at radius 1 is 1.12 bits per heavy atom. The van der Waals surface area contributed by atoms with E-state index < -0.39 is 23.5 Å². The number of thiazole rings is 1. The van der Waals surface area contributed by atoms with Gasteiger partial charge in [0.15, 0.2) is 5.13 Å². The molecule has 3 rings (SSSR count). The summed E-state index contributed by atoms with van der Waals surface area (Å²) in [5.74, 6) is -3.03. The number of carboxylic acid groups (broad SMARTS) is 1. The molecule has 0 fully saturated rings. The van der Waals surface area contributed by atoms with Crippen LogP contribution in [0.1, 0.15) is 15.9 Å². The summed E-state index contributed by atoms with van der Waals surface area (Å²) in [5, 5.41) is 11.8. The van der Waals surface area contributed by atoms with Crippen LogP contribution >= 0.6 is 11.3 Å². The summed E-state index contributed by atoms with van der Waals surface area (Å²) in [6.07, 6.45) is -0.203. The van der Waals surface area contributed by atoms with Crippen molar-refractivity contribution in [3.63, 3.8) is 0 Å². The minimum atomic E-state index is -1.05. The van der Waals surface area contributed by atoms with Crippen molar-refractivity contribution >= 4 is 38.6 Å². The van der Waals surface area contributed by atoms with Crippen LogP contribution in [-0.4, -0.2) is 22.0 Å². The molecule has 0 bridgehead atoms. The molecule has 1 heterocycles. The first-order valence-electron chi connectivity index (χ1n) is 6.79. The van der Waals surface area contributed by atoms with Crippen LogP contribution in [0.3, 0.4) is 0 Å². The molecule has 0 unspecified atom stereocenters. The molecule has 0 radical (unpaired) electrons. The molecule has 122 valence electrons. The number of hydrogen-bond donors (Lipinski definition) is 2. The zero-order valence-electron chi connectivity index (χ0n) is 12.0. The normalized spacial score (nSPS) is 10.8. The fraction of sp³-hybridized carbons (Fsp3) is 0.0625. The summed E-state index contributed by atoms with van der Waals surface area (Å²) < 4.78 is 26.8. The molecule has 1 amide bonds. The number of benzene rings is 2. The van der Waals surface area contributed by atoms with Crippen molar-refractivity contribution in [3.8, 4) is 0 Å². The average molecular weight is 348 g/mol. The molecule has 0 saturated carbocycles. The van der Waals surface area contributed by atoms with Crippen LogP contribution in [0.2, 0.25) is 0 Å². The van der Waals surface area contributed by atoms with Gasteiger partial charge in [-0.1, -0.05) is 11.3 Å². The summed E-state index contributed by atoms with van der Waals surface area (Å²) >= 11 is 1.12. The Labute approximate surface area is 138 Å². The van der Waals surface area contributed by atoms with Crippen LogP contribution in [0.5, 0.6) is 0 Å². The van der Waals surface area contributed by atoms with Crippen molar-refractivity contribution in [1.29, 1.82) is 0 Å². The molecular weight excluding hydrogens is 338 g/mol. The van der Waals surface area contributed by atoms with Gasteiger partial charge in [-0.25, -0.2) is 18.6 Å². The third-order valence-corrected chi connectivity index (χ3v) is 4.10. The van der Waals surface area contributed by atoms with E-state index in [9.17, 15) is 18.4 Å². The number of nitrogens with one attached hydrogen (secondary N) is 1. The van der Waals surface area contributed by atoms with E-state index in [1.807, 2.05) is 0 Å². The van der Waals surface area contributed by atoms with Crippen molar-refractivity contribution in [2.45, 2.75) is 6.42 Å². The van der Waals surface area contributed by atoms with Gasteiger partial charge >= 0.3 is 5.97 Å². The first-order valence-corrected chi connectivity index (χ1v) is 7.61. The molecule has 24 heavy (non-hydrogen) atoms. The van der Waals surface area contributed by atoms with E-state index in [2.05, 4.69) is 10.3 Å². The number of carbonyl (C=O) groups is 2. The zero-order chi connectivity index (χ0) is 17.3. The Morgan fingerprint density at radius 3 is 2.50 bits per heavy atom. The fourth-order valence-corrected chi connectivity index (χ4v) is 3.09. The van der Waals surface area contributed by atoms with Crippen LogP contribution in [0.25, 0.3) is 10.2 Å². The standard InChI is InChI=1S/C16H10F2N2O3S/c17-10-3-8(4-11(18)7-10)5-14(21)20-16-19-12-2-1-9(15(22)23)6-13(12)24-16/h1-4,6-7H,5H2,(H,22,23)(H,19,20,21). The van der Waals surface area contributed by atoms with Crippen molar-refractivity contribution in [3.05, 3.63) is 59.2 Å². The second-order valence-electron chi connectivity index (χ2n) is 5.01. The quantitative estimate of drug-likeness (QED) is 0.757. The first kappa shape index (κ1) is 16.0. The summed E-state index contributed by atoms with van der Waals surface area (Å²) in [6, 6.07) is 7.33. The smallest absolute Gasteiger partial charge is 0.335 e. The number of anilines is 1. The van der Waals surface area contributed by atoms with Gasteiger partial charge in [0.1, 0.15) is 11.6 Å². The number of aromatic carboxylic acids is 1. The van der Waals surface area contributed by atoms with E-state index in [1.54, 1.807) is 6.07 Å². The first-order chi connectivity index (χ1) is 11.4. The van der Waals surface area contributed by atoms with Crippen LogP contribution in [0.4, 0.5) is 13.9 Å². The van der Waals surface area contributed by atoms with Gasteiger partial charge < -0.3 is 10.4 Å². The van der Waals surface area contributed by atoms with E-state index in [0.717, 1.165) is 29.5 Å². The third kappa shape index (κ3) is 3.54. The van der Waals surface area contributed by atoms with Gasteiger partial charge in [0.05, 0.1) is 22.2 Å². The third-order valence-electron chi connectivity index (χ3n) is 3.17. The van der Waals surface area contributed by atoms with Crippen molar-refractivity contribution < 1.29 is 23.5 Å². The second kappa shape index (κ2) is 6.32. The highest BCUT2D eigenvalue weighted by Gasteiger charge is 2.12. The molecular formula is C16H10F2N2O3S. The Kier molecular flexibility index (Phi) is 4.22. The molecule has 3 aromatic rings. The minimum Gasteiger partial charge on any atom is -0.478 e. The Hall–Kier alpha value is -2.87. The van der Waals surface area contributed by atoms with Gasteiger partial charge in [-0.2, -0.15) is 0 Å². The molecule has 0 saturated heterocycles. The Morgan fingerprint density at radius 2 is 1.83 bits per heavy atom. The largest absolute Gasteiger partial charge is 0.478 e. The highest BCUT2D eigenvalue weighted by molar-refractivity contribution is 7.22. The van der Waals surface area contributed by atoms with Gasteiger partial charge in [0.25, 0.3) is 0 Å². The van der Waals surface area contributed by atoms with E-state index in [0.29, 0.717) is 10.2 Å². The molecule has 0 spiro atoms. The summed E-state index contributed by atoms with van der Waals surface area (Å²) in [5.41, 5.74) is 0.885. The molecule has 0 atom stereocenters. The van der Waals surface area contributed by atoms with Crippen LogP contribution < -0.4 is 5.32 Å². The lowest BCUT2D eigenvalue weighted by atomic mass is 10.1. The monoisotopic (exact) mass is 348 g/mol. The van der Waals surface area contributed by atoms with Gasteiger partial charge in [-0.05, 0) is 35.9 Å². The maximum atomic E-state index is 13.1. The van der Waals surface area contributed by atoms with E-state index >= 15 is 0 Å². The number of aromatic nitrogens is 1. The van der Waals surface area contributed by atoms with Gasteiger partial charge in [0.2, 0.25) is 5.91 Å². The summed E-state index contributed by atoms with van der Waals surface area (Å²) in [7, 11) is 0. The predicted molar refractivity (Wildman–Crippen MR) is 85.3 cm³/mol. The molecule has 2 aromatic carbocycles. The highest BCUT2D eigenvalue weighted by atomic mass is 32.1. The number of hydrogen-bond acceptors (Lipinski definition) is 4. The Balaban J connectivity index is 1.76.